The zero-order valence-corrected chi connectivity index (χ0v) is 13.0. The van der Waals surface area contributed by atoms with Gasteiger partial charge in [-0.3, -0.25) is 4.79 Å². The van der Waals surface area contributed by atoms with E-state index in [4.69, 9.17) is 16.0 Å². The molecule has 0 atom stereocenters. The van der Waals surface area contributed by atoms with Crippen LogP contribution in [0, 0.1) is 0 Å². The summed E-state index contributed by atoms with van der Waals surface area (Å²) >= 11 is 6.06. The average molecular weight is 334 g/mol. The molecule has 2 aromatic rings. The number of carbonyl (C=O) groups is 2. The third kappa shape index (κ3) is 4.26. The van der Waals surface area contributed by atoms with Crippen molar-refractivity contribution in [2.75, 3.05) is 5.32 Å². The molecule has 3 rings (SSSR count). The molecule has 23 heavy (non-hydrogen) atoms. The lowest BCUT2D eigenvalue weighted by Gasteiger charge is -2.10. The lowest BCUT2D eigenvalue weighted by atomic mass is 10.2. The van der Waals surface area contributed by atoms with Crippen LogP contribution in [0.5, 0.6) is 0 Å². The fourth-order valence-corrected chi connectivity index (χ4v) is 2.22. The van der Waals surface area contributed by atoms with Crippen LogP contribution in [-0.4, -0.2) is 18.0 Å². The Labute approximate surface area is 138 Å². The van der Waals surface area contributed by atoms with Crippen molar-refractivity contribution in [1.29, 1.82) is 0 Å². The van der Waals surface area contributed by atoms with Crippen LogP contribution in [0.25, 0.3) is 0 Å². The van der Waals surface area contributed by atoms with E-state index < -0.39 is 0 Å². The first-order chi connectivity index (χ1) is 11.1. The third-order valence-electron chi connectivity index (χ3n) is 3.41. The van der Waals surface area contributed by atoms with Gasteiger partial charge in [0.1, 0.15) is 0 Å². The molecule has 0 saturated heterocycles. The van der Waals surface area contributed by atoms with E-state index in [1.54, 1.807) is 36.8 Å². The Kier molecular flexibility index (Phi) is 4.52. The van der Waals surface area contributed by atoms with E-state index in [9.17, 15) is 9.59 Å². The summed E-state index contributed by atoms with van der Waals surface area (Å²) in [7, 11) is 0. The topological polar surface area (TPSA) is 83.4 Å². The quantitative estimate of drug-likeness (QED) is 0.786. The summed E-state index contributed by atoms with van der Waals surface area (Å²) in [6, 6.07) is 6.44. The van der Waals surface area contributed by atoms with Crippen molar-refractivity contribution in [1.82, 2.24) is 10.6 Å². The number of nitrogens with one attached hydrogen (secondary N) is 3. The van der Waals surface area contributed by atoms with Gasteiger partial charge >= 0.3 is 6.03 Å². The highest BCUT2D eigenvalue weighted by molar-refractivity contribution is 6.34. The molecule has 3 amide bonds. The lowest BCUT2D eigenvalue weighted by molar-refractivity contribution is 0.0951. The highest BCUT2D eigenvalue weighted by Gasteiger charge is 2.24. The number of furan rings is 1. The van der Waals surface area contributed by atoms with Gasteiger partial charge in [-0.15, -0.1) is 0 Å². The molecule has 0 spiro atoms. The van der Waals surface area contributed by atoms with Gasteiger partial charge in [-0.1, -0.05) is 11.6 Å². The van der Waals surface area contributed by atoms with Gasteiger partial charge in [-0.2, -0.15) is 0 Å². The number of anilines is 1. The van der Waals surface area contributed by atoms with Gasteiger partial charge in [0.2, 0.25) is 0 Å². The summed E-state index contributed by atoms with van der Waals surface area (Å²) in [6.07, 6.45) is 5.09. The van der Waals surface area contributed by atoms with E-state index >= 15 is 0 Å². The number of halogens is 1. The van der Waals surface area contributed by atoms with E-state index in [0.717, 1.165) is 18.4 Å². The molecule has 1 aliphatic rings. The molecule has 0 radical (unpaired) electrons. The van der Waals surface area contributed by atoms with Crippen LogP contribution in [0.15, 0.2) is 41.2 Å². The van der Waals surface area contributed by atoms with Crippen LogP contribution in [0.2, 0.25) is 5.02 Å². The predicted octanol–water partition coefficient (Wildman–Crippen LogP) is 3.15. The molecular formula is C16H16ClN3O3. The van der Waals surface area contributed by atoms with E-state index in [1.165, 1.54) is 0 Å². The van der Waals surface area contributed by atoms with Crippen molar-refractivity contribution in [3.63, 3.8) is 0 Å². The van der Waals surface area contributed by atoms with Gasteiger partial charge in [-0.05, 0) is 37.1 Å². The van der Waals surface area contributed by atoms with Crippen LogP contribution in [0.4, 0.5) is 10.5 Å². The van der Waals surface area contributed by atoms with Gasteiger partial charge in [-0.25, -0.2) is 4.79 Å². The Hall–Kier alpha value is -2.47. The Bertz CT molecular complexity index is 711. The molecule has 7 heteroatoms. The van der Waals surface area contributed by atoms with Crippen LogP contribution in [-0.2, 0) is 6.54 Å². The van der Waals surface area contributed by atoms with Crippen LogP contribution in [0.3, 0.4) is 0 Å². The molecule has 1 fully saturated rings. The van der Waals surface area contributed by atoms with Crippen LogP contribution >= 0.6 is 11.6 Å². The second kappa shape index (κ2) is 6.75. The number of rotatable bonds is 5. The maximum absolute atomic E-state index is 12.1. The monoisotopic (exact) mass is 333 g/mol. The largest absolute Gasteiger partial charge is 0.472 e. The SMILES string of the molecule is O=C(NCc1ccoc1)Nc1ccc(Cl)c(C(=O)NC2CC2)c1. The first-order valence-electron chi connectivity index (χ1n) is 7.28. The Morgan fingerprint density at radius 2 is 2.09 bits per heavy atom. The molecule has 1 saturated carbocycles. The molecule has 0 bridgehead atoms. The number of hydrogen-bond acceptors (Lipinski definition) is 3. The predicted molar refractivity (Wildman–Crippen MR) is 86.5 cm³/mol. The van der Waals surface area contributed by atoms with Crippen molar-refractivity contribution in [3.05, 3.63) is 52.9 Å². The van der Waals surface area contributed by atoms with Crippen LogP contribution < -0.4 is 16.0 Å². The van der Waals surface area contributed by atoms with Crippen molar-refractivity contribution >= 4 is 29.2 Å². The highest BCUT2D eigenvalue weighted by Crippen LogP contribution is 2.23. The molecule has 1 aromatic heterocycles. The summed E-state index contributed by atoms with van der Waals surface area (Å²) in [5.74, 6) is -0.222. The van der Waals surface area contributed by atoms with Crippen molar-refractivity contribution in [3.8, 4) is 0 Å². The number of hydrogen-bond donors (Lipinski definition) is 3. The lowest BCUT2D eigenvalue weighted by Crippen LogP contribution is -2.28. The van der Waals surface area contributed by atoms with Crippen molar-refractivity contribution < 1.29 is 14.0 Å². The summed E-state index contributed by atoms with van der Waals surface area (Å²) in [6.45, 7) is 0.352. The molecule has 1 aliphatic carbocycles. The fourth-order valence-electron chi connectivity index (χ4n) is 2.02. The molecule has 1 aromatic carbocycles. The van der Waals surface area contributed by atoms with Gasteiger partial charge in [0.25, 0.3) is 5.91 Å². The second-order valence-corrected chi connectivity index (χ2v) is 5.79. The minimum absolute atomic E-state index is 0.222. The average Bonchev–Trinajstić information content (AvgIpc) is 3.18. The fraction of sp³-hybridized carbons (Fsp3) is 0.250. The zero-order valence-electron chi connectivity index (χ0n) is 12.3. The van der Waals surface area contributed by atoms with Gasteiger partial charge in [0, 0.05) is 23.8 Å². The summed E-state index contributed by atoms with van der Waals surface area (Å²) in [4.78, 5) is 24.0. The summed E-state index contributed by atoms with van der Waals surface area (Å²) in [5, 5.41) is 8.60. The van der Waals surface area contributed by atoms with Gasteiger partial charge < -0.3 is 20.4 Å². The van der Waals surface area contributed by atoms with Gasteiger partial charge in [0.05, 0.1) is 23.1 Å². The first-order valence-corrected chi connectivity index (χ1v) is 7.66. The van der Waals surface area contributed by atoms with Gasteiger partial charge in [0.15, 0.2) is 0 Å². The Morgan fingerprint density at radius 1 is 1.26 bits per heavy atom. The first kappa shape index (κ1) is 15.4. The standard InChI is InChI=1S/C16H16ClN3O3/c17-14-4-3-12(7-13(14)15(21)19-11-1-2-11)20-16(22)18-8-10-5-6-23-9-10/h3-7,9,11H,1-2,8H2,(H,19,21)(H2,18,20,22). The molecular weight excluding hydrogens is 318 g/mol. The Morgan fingerprint density at radius 3 is 2.78 bits per heavy atom. The minimum Gasteiger partial charge on any atom is -0.472 e. The highest BCUT2D eigenvalue weighted by atomic mass is 35.5. The summed E-state index contributed by atoms with van der Waals surface area (Å²) < 4.78 is 4.93. The number of amides is 3. The zero-order chi connectivity index (χ0) is 16.2. The summed E-state index contributed by atoms with van der Waals surface area (Å²) in [5.41, 5.74) is 1.71. The van der Waals surface area contributed by atoms with Crippen molar-refractivity contribution in [2.45, 2.75) is 25.4 Å². The second-order valence-electron chi connectivity index (χ2n) is 5.38. The molecule has 6 nitrogen and oxygen atoms in total. The number of urea groups is 1. The van der Waals surface area contributed by atoms with Crippen LogP contribution in [0.1, 0.15) is 28.8 Å². The maximum atomic E-state index is 12.1. The van der Waals surface area contributed by atoms with E-state index in [1.807, 2.05) is 0 Å². The molecule has 0 aliphatic heterocycles. The molecule has 120 valence electrons. The molecule has 0 unspecified atom stereocenters. The smallest absolute Gasteiger partial charge is 0.319 e. The number of carbonyl (C=O) groups excluding carboxylic acids is 2. The minimum atomic E-state index is -0.373. The number of benzene rings is 1. The maximum Gasteiger partial charge on any atom is 0.319 e. The normalized spacial score (nSPS) is 13.4. The Balaban J connectivity index is 1.60. The van der Waals surface area contributed by atoms with Crippen molar-refractivity contribution in [2.24, 2.45) is 0 Å². The third-order valence-corrected chi connectivity index (χ3v) is 3.74. The molecule has 3 N–H and O–H groups in total. The van der Waals surface area contributed by atoms with E-state index in [-0.39, 0.29) is 18.0 Å². The van der Waals surface area contributed by atoms with E-state index in [0.29, 0.717) is 22.8 Å². The molecule has 1 heterocycles. The van der Waals surface area contributed by atoms with E-state index in [2.05, 4.69) is 16.0 Å².